The molecule has 33 heavy (non-hydrogen) atoms. The predicted molar refractivity (Wildman–Crippen MR) is 128 cm³/mol. The molecule has 0 aliphatic carbocycles. The maximum atomic E-state index is 9.90. The summed E-state index contributed by atoms with van der Waals surface area (Å²) < 4.78 is 17.2. The van der Waals surface area contributed by atoms with Crippen LogP contribution >= 0.6 is 0 Å². The molecule has 0 saturated carbocycles. The number of nitrogens with zero attached hydrogens (tertiary/aromatic N) is 2. The van der Waals surface area contributed by atoms with Gasteiger partial charge in [0.25, 0.3) is 0 Å². The van der Waals surface area contributed by atoms with Gasteiger partial charge in [-0.2, -0.15) is 5.26 Å². The van der Waals surface area contributed by atoms with Gasteiger partial charge in [0.05, 0.1) is 19.1 Å². The molecule has 2 aromatic carbocycles. The third-order valence-electron chi connectivity index (χ3n) is 5.76. The number of hydrogen-bond acceptors (Lipinski definition) is 6. The van der Waals surface area contributed by atoms with Crippen molar-refractivity contribution >= 4 is 6.08 Å². The molecular formula is C27H29N3O3. The van der Waals surface area contributed by atoms with Crippen LogP contribution in [0.15, 0.2) is 76.9 Å². The van der Waals surface area contributed by atoms with Crippen LogP contribution in [0.5, 0.6) is 11.5 Å². The molecule has 2 aromatic rings. The number of nitrogens with two attached hydrogens (primary N) is 1. The Labute approximate surface area is 195 Å². The van der Waals surface area contributed by atoms with Crippen molar-refractivity contribution < 1.29 is 14.2 Å². The van der Waals surface area contributed by atoms with Crippen LogP contribution in [0.1, 0.15) is 30.9 Å². The van der Waals surface area contributed by atoms with Crippen molar-refractivity contribution in [3.8, 4) is 17.6 Å². The lowest BCUT2D eigenvalue weighted by Gasteiger charge is -2.36. The quantitative estimate of drug-likeness (QED) is 0.704. The molecule has 6 nitrogen and oxygen atoms in total. The lowest BCUT2D eigenvalue weighted by molar-refractivity contribution is 0.251. The normalized spacial score (nSPS) is 19.7. The molecule has 0 aromatic heterocycles. The third kappa shape index (κ3) is 4.74. The van der Waals surface area contributed by atoms with Crippen molar-refractivity contribution in [1.29, 1.82) is 5.26 Å². The summed E-state index contributed by atoms with van der Waals surface area (Å²) in [5.41, 5.74) is 10.8. The van der Waals surface area contributed by atoms with Gasteiger partial charge in [0.15, 0.2) is 0 Å². The first-order valence-corrected chi connectivity index (χ1v) is 11.2. The fourth-order valence-corrected chi connectivity index (χ4v) is 4.37. The van der Waals surface area contributed by atoms with Crippen LogP contribution in [-0.2, 0) is 4.74 Å². The second kappa shape index (κ2) is 9.85. The van der Waals surface area contributed by atoms with Gasteiger partial charge in [0, 0.05) is 18.7 Å². The van der Waals surface area contributed by atoms with Gasteiger partial charge in [-0.05, 0) is 67.9 Å². The van der Waals surface area contributed by atoms with E-state index < -0.39 is 0 Å². The fourth-order valence-electron chi connectivity index (χ4n) is 4.37. The van der Waals surface area contributed by atoms with Crippen molar-refractivity contribution in [3.63, 3.8) is 0 Å². The summed E-state index contributed by atoms with van der Waals surface area (Å²) in [6, 6.07) is 18.1. The predicted octanol–water partition coefficient (Wildman–Crippen LogP) is 4.57. The van der Waals surface area contributed by atoms with E-state index >= 15 is 0 Å². The third-order valence-corrected chi connectivity index (χ3v) is 5.76. The highest BCUT2D eigenvalue weighted by atomic mass is 16.5. The molecule has 4 rings (SSSR count). The minimum Gasteiger partial charge on any atom is -0.494 e. The average Bonchev–Trinajstić information content (AvgIpc) is 2.81. The van der Waals surface area contributed by atoms with Crippen molar-refractivity contribution in [2.45, 2.75) is 19.8 Å². The lowest BCUT2D eigenvalue weighted by atomic mass is 9.80. The van der Waals surface area contributed by atoms with E-state index in [4.69, 9.17) is 19.9 Å². The van der Waals surface area contributed by atoms with Gasteiger partial charge < -0.3 is 19.9 Å². The largest absolute Gasteiger partial charge is 0.494 e. The Kier molecular flexibility index (Phi) is 6.71. The topological polar surface area (TPSA) is 80.7 Å². The molecule has 0 unspecified atom stereocenters. The highest BCUT2D eigenvalue weighted by Gasteiger charge is 2.37. The van der Waals surface area contributed by atoms with E-state index in [9.17, 15) is 5.26 Å². The van der Waals surface area contributed by atoms with Crippen LogP contribution in [0.25, 0.3) is 6.08 Å². The molecular weight excluding hydrogens is 414 g/mol. The van der Waals surface area contributed by atoms with Crippen LogP contribution in [0.4, 0.5) is 0 Å². The fraction of sp³-hybridized carbons (Fsp3) is 0.296. The van der Waals surface area contributed by atoms with Crippen LogP contribution in [-0.4, -0.2) is 38.3 Å². The molecule has 0 radical (unpaired) electrons. The van der Waals surface area contributed by atoms with Crippen LogP contribution < -0.4 is 15.2 Å². The molecule has 6 heteroatoms. The summed E-state index contributed by atoms with van der Waals surface area (Å²) in [5.74, 6) is 2.31. The maximum Gasteiger partial charge on any atom is 0.205 e. The summed E-state index contributed by atoms with van der Waals surface area (Å²) in [4.78, 5) is 2.22. The summed E-state index contributed by atoms with van der Waals surface area (Å²) in [6.07, 6.45) is 2.11. The second-order valence-electron chi connectivity index (χ2n) is 8.13. The van der Waals surface area contributed by atoms with Gasteiger partial charge in [-0.25, -0.2) is 0 Å². The number of likely N-dealkylation sites (N-methyl/N-ethyl adjacent to an activating group) is 1. The van der Waals surface area contributed by atoms with E-state index in [0.29, 0.717) is 25.3 Å². The molecule has 0 spiro atoms. The zero-order valence-corrected chi connectivity index (χ0v) is 19.3. The van der Waals surface area contributed by atoms with Gasteiger partial charge >= 0.3 is 0 Å². The molecule has 0 saturated heterocycles. The number of ether oxygens (including phenoxy) is 3. The van der Waals surface area contributed by atoms with Crippen LogP contribution in [0, 0.1) is 11.3 Å². The van der Waals surface area contributed by atoms with E-state index in [0.717, 1.165) is 46.1 Å². The zero-order valence-electron chi connectivity index (χ0n) is 19.3. The first-order valence-electron chi connectivity index (χ1n) is 11.2. The van der Waals surface area contributed by atoms with Gasteiger partial charge in [0.2, 0.25) is 5.88 Å². The van der Waals surface area contributed by atoms with Crippen molar-refractivity contribution in [1.82, 2.24) is 4.90 Å². The summed E-state index contributed by atoms with van der Waals surface area (Å²) in [6.45, 7) is 6.57. The SMILES string of the molecule is CCOc1ccc(/C=C2\CN(C)CC3=C2OC(N)=C(C#N)[C@H]3c2ccc(OCC)cc2)cc1. The van der Waals surface area contributed by atoms with Gasteiger partial charge in [-0.3, -0.25) is 4.90 Å². The Morgan fingerprint density at radius 3 is 2.21 bits per heavy atom. The molecule has 2 aliphatic rings. The molecule has 2 N–H and O–H groups in total. The molecule has 2 aliphatic heterocycles. The Balaban J connectivity index is 1.76. The standard InChI is InChI=1S/C27H29N3O3/c1-4-31-21-10-6-18(7-11-21)14-20-16-30(3)17-24-25(23(15-28)27(29)33-26(20)24)19-8-12-22(13-9-19)32-5-2/h6-14,25H,4-5,16-17,29H2,1-3H3/b20-14+/t25-/m1/s1. The highest BCUT2D eigenvalue weighted by Crippen LogP contribution is 2.43. The van der Waals surface area contributed by atoms with E-state index in [1.54, 1.807) is 0 Å². The van der Waals surface area contributed by atoms with Gasteiger partial charge in [-0.15, -0.1) is 0 Å². The van der Waals surface area contributed by atoms with Gasteiger partial charge in [-0.1, -0.05) is 24.3 Å². The van der Waals surface area contributed by atoms with Crippen molar-refractivity contribution in [3.05, 3.63) is 88.0 Å². The first kappa shape index (κ1) is 22.5. The average molecular weight is 444 g/mol. The van der Waals surface area contributed by atoms with E-state index in [2.05, 4.69) is 24.1 Å². The minimum absolute atomic E-state index is 0.164. The Bertz CT molecular complexity index is 1140. The minimum atomic E-state index is -0.263. The maximum absolute atomic E-state index is 9.90. The number of rotatable bonds is 6. The summed E-state index contributed by atoms with van der Waals surface area (Å²) in [7, 11) is 2.07. The lowest BCUT2D eigenvalue weighted by Crippen LogP contribution is -2.35. The molecule has 2 heterocycles. The number of benzene rings is 2. The number of hydrogen-bond donors (Lipinski definition) is 1. The molecule has 0 amide bonds. The summed E-state index contributed by atoms with van der Waals surface area (Å²) in [5, 5.41) is 9.90. The van der Waals surface area contributed by atoms with E-state index in [1.807, 2.05) is 62.4 Å². The van der Waals surface area contributed by atoms with E-state index in [1.165, 1.54) is 0 Å². The summed E-state index contributed by atoms with van der Waals surface area (Å²) >= 11 is 0. The molecule has 1 atom stereocenters. The Morgan fingerprint density at radius 2 is 1.64 bits per heavy atom. The monoisotopic (exact) mass is 443 g/mol. The number of allylic oxidation sites excluding steroid dienone is 1. The van der Waals surface area contributed by atoms with Crippen LogP contribution in [0.3, 0.4) is 0 Å². The smallest absolute Gasteiger partial charge is 0.205 e. The molecule has 170 valence electrons. The zero-order chi connectivity index (χ0) is 23.4. The second-order valence-corrected chi connectivity index (χ2v) is 8.13. The van der Waals surface area contributed by atoms with Crippen molar-refractivity contribution in [2.24, 2.45) is 5.73 Å². The first-order chi connectivity index (χ1) is 16.0. The highest BCUT2D eigenvalue weighted by molar-refractivity contribution is 5.63. The molecule has 0 fully saturated rings. The van der Waals surface area contributed by atoms with E-state index in [-0.39, 0.29) is 11.8 Å². The van der Waals surface area contributed by atoms with Crippen LogP contribution in [0.2, 0.25) is 0 Å². The van der Waals surface area contributed by atoms with Gasteiger partial charge in [0.1, 0.15) is 28.9 Å². The van der Waals surface area contributed by atoms with Crippen molar-refractivity contribution in [2.75, 3.05) is 33.4 Å². The Morgan fingerprint density at radius 1 is 1.03 bits per heavy atom. The molecule has 0 bridgehead atoms. The number of nitriles is 1. The Hall–Kier alpha value is -3.69.